The number of anilines is 2. The van der Waals surface area contributed by atoms with Crippen LogP contribution in [0.5, 0.6) is 0 Å². The molecule has 1 saturated carbocycles. The van der Waals surface area contributed by atoms with Crippen molar-refractivity contribution in [1.82, 2.24) is 15.1 Å². The van der Waals surface area contributed by atoms with Crippen LogP contribution in [0.2, 0.25) is 0 Å². The summed E-state index contributed by atoms with van der Waals surface area (Å²) in [7, 11) is 3.92. The fraction of sp³-hybridized carbons (Fsp3) is 0.706. The molecular weight excluding hydrogens is 290 g/mol. The summed E-state index contributed by atoms with van der Waals surface area (Å²) in [5.74, 6) is 2.41. The summed E-state index contributed by atoms with van der Waals surface area (Å²) >= 11 is 0. The minimum Gasteiger partial charge on any atom is -0.361 e. The van der Waals surface area contributed by atoms with E-state index in [9.17, 15) is 4.79 Å². The van der Waals surface area contributed by atoms with E-state index in [-0.39, 0.29) is 5.92 Å². The Balaban J connectivity index is 1.54. The fourth-order valence-electron chi connectivity index (χ4n) is 3.49. The van der Waals surface area contributed by atoms with E-state index in [0.29, 0.717) is 5.91 Å². The first-order valence-corrected chi connectivity index (χ1v) is 8.70. The number of hydrogen-bond acceptors (Lipinski definition) is 5. The summed E-state index contributed by atoms with van der Waals surface area (Å²) in [5.41, 5.74) is 0. The summed E-state index contributed by atoms with van der Waals surface area (Å²) in [5, 5.41) is 8.55. The van der Waals surface area contributed by atoms with Crippen molar-refractivity contribution in [2.24, 2.45) is 5.92 Å². The highest BCUT2D eigenvalue weighted by molar-refractivity contribution is 5.79. The summed E-state index contributed by atoms with van der Waals surface area (Å²) in [6.07, 6.45) is 5.88. The second-order valence-electron chi connectivity index (χ2n) is 6.79. The maximum atomic E-state index is 12.6. The van der Waals surface area contributed by atoms with Gasteiger partial charge in [0, 0.05) is 46.2 Å². The lowest BCUT2D eigenvalue weighted by Crippen LogP contribution is -2.50. The van der Waals surface area contributed by atoms with Gasteiger partial charge in [0.15, 0.2) is 11.6 Å². The van der Waals surface area contributed by atoms with Crippen LogP contribution in [0.4, 0.5) is 11.6 Å². The monoisotopic (exact) mass is 317 g/mol. The Labute approximate surface area is 138 Å². The Bertz CT molecular complexity index is 516. The summed E-state index contributed by atoms with van der Waals surface area (Å²) in [6.45, 7) is 3.28. The zero-order chi connectivity index (χ0) is 16.2. The van der Waals surface area contributed by atoms with Crippen molar-refractivity contribution in [3.63, 3.8) is 0 Å². The van der Waals surface area contributed by atoms with E-state index in [1.807, 2.05) is 36.0 Å². The van der Waals surface area contributed by atoms with Crippen LogP contribution in [0.25, 0.3) is 0 Å². The highest BCUT2D eigenvalue weighted by atomic mass is 16.2. The Morgan fingerprint density at radius 3 is 2.30 bits per heavy atom. The Hall–Kier alpha value is -1.85. The number of aromatic nitrogens is 2. The van der Waals surface area contributed by atoms with Gasteiger partial charge in [0.25, 0.3) is 0 Å². The van der Waals surface area contributed by atoms with Gasteiger partial charge in [0.05, 0.1) is 0 Å². The van der Waals surface area contributed by atoms with Gasteiger partial charge in [-0.2, -0.15) is 0 Å². The van der Waals surface area contributed by atoms with Crippen LogP contribution < -0.4 is 9.80 Å². The largest absolute Gasteiger partial charge is 0.361 e. The molecule has 3 rings (SSSR count). The van der Waals surface area contributed by atoms with Crippen LogP contribution in [0.1, 0.15) is 32.1 Å². The van der Waals surface area contributed by atoms with Crippen LogP contribution in [-0.4, -0.2) is 61.3 Å². The van der Waals surface area contributed by atoms with E-state index < -0.39 is 0 Å². The van der Waals surface area contributed by atoms with Crippen LogP contribution in [-0.2, 0) is 4.79 Å². The lowest BCUT2D eigenvalue weighted by Gasteiger charge is -2.37. The maximum absolute atomic E-state index is 12.6. The van der Waals surface area contributed by atoms with Gasteiger partial charge in [-0.15, -0.1) is 10.2 Å². The molecule has 126 valence electrons. The van der Waals surface area contributed by atoms with E-state index >= 15 is 0 Å². The minimum absolute atomic E-state index is 0.273. The molecule has 1 aromatic rings. The van der Waals surface area contributed by atoms with Gasteiger partial charge in [-0.3, -0.25) is 4.79 Å². The molecule has 0 atom stereocenters. The Kier molecular flexibility index (Phi) is 4.98. The average molecular weight is 317 g/mol. The van der Waals surface area contributed by atoms with Gasteiger partial charge >= 0.3 is 0 Å². The molecule has 1 aliphatic heterocycles. The average Bonchev–Trinajstić information content (AvgIpc) is 2.62. The van der Waals surface area contributed by atoms with Gasteiger partial charge < -0.3 is 14.7 Å². The molecule has 1 aromatic heterocycles. The molecule has 1 saturated heterocycles. The number of nitrogens with zero attached hydrogens (tertiary/aromatic N) is 5. The summed E-state index contributed by atoms with van der Waals surface area (Å²) in [6, 6.07) is 4.00. The third-order valence-electron chi connectivity index (χ3n) is 4.96. The predicted octanol–water partition coefficient (Wildman–Crippen LogP) is 1.77. The number of hydrogen-bond donors (Lipinski definition) is 0. The minimum atomic E-state index is 0.273. The highest BCUT2D eigenvalue weighted by Crippen LogP contribution is 2.26. The smallest absolute Gasteiger partial charge is 0.225 e. The molecule has 2 heterocycles. The molecule has 0 spiro atoms. The van der Waals surface area contributed by atoms with Gasteiger partial charge in [0.2, 0.25) is 5.91 Å². The Morgan fingerprint density at radius 2 is 1.74 bits per heavy atom. The first-order chi connectivity index (χ1) is 11.1. The maximum Gasteiger partial charge on any atom is 0.225 e. The molecule has 0 aromatic carbocycles. The van der Waals surface area contributed by atoms with Gasteiger partial charge in [0.1, 0.15) is 0 Å². The van der Waals surface area contributed by atoms with Crippen LogP contribution in [0.15, 0.2) is 12.1 Å². The van der Waals surface area contributed by atoms with Crippen molar-refractivity contribution in [2.45, 2.75) is 32.1 Å². The topological polar surface area (TPSA) is 52.6 Å². The highest BCUT2D eigenvalue weighted by Gasteiger charge is 2.28. The lowest BCUT2D eigenvalue weighted by atomic mass is 9.88. The molecule has 6 nitrogen and oxygen atoms in total. The zero-order valence-corrected chi connectivity index (χ0v) is 14.2. The Morgan fingerprint density at radius 1 is 1.04 bits per heavy atom. The molecular formula is C17H27N5O. The molecule has 1 aliphatic carbocycles. The number of piperazine rings is 1. The van der Waals surface area contributed by atoms with E-state index in [1.165, 1.54) is 19.3 Å². The second-order valence-corrected chi connectivity index (χ2v) is 6.79. The van der Waals surface area contributed by atoms with E-state index in [2.05, 4.69) is 15.1 Å². The van der Waals surface area contributed by atoms with Crippen molar-refractivity contribution in [3.8, 4) is 0 Å². The van der Waals surface area contributed by atoms with Crippen LogP contribution in [0, 0.1) is 5.92 Å². The fourth-order valence-corrected chi connectivity index (χ4v) is 3.49. The van der Waals surface area contributed by atoms with Gasteiger partial charge in [-0.25, -0.2) is 0 Å². The quantitative estimate of drug-likeness (QED) is 0.850. The number of carbonyl (C=O) groups is 1. The van der Waals surface area contributed by atoms with Crippen molar-refractivity contribution < 1.29 is 4.79 Å². The molecule has 2 fully saturated rings. The van der Waals surface area contributed by atoms with E-state index in [1.54, 1.807) is 0 Å². The second kappa shape index (κ2) is 7.15. The van der Waals surface area contributed by atoms with E-state index in [0.717, 1.165) is 50.7 Å². The number of carbonyl (C=O) groups excluding carboxylic acids is 1. The molecule has 0 radical (unpaired) electrons. The molecule has 1 amide bonds. The molecule has 0 N–H and O–H groups in total. The SMILES string of the molecule is CN(C)c1ccc(N2CCN(C(=O)C3CCCCC3)CC2)nn1. The molecule has 6 heteroatoms. The first kappa shape index (κ1) is 16.0. The molecule has 0 unspecified atom stereocenters. The summed E-state index contributed by atoms with van der Waals surface area (Å²) in [4.78, 5) is 18.8. The molecule has 0 bridgehead atoms. The van der Waals surface area contributed by atoms with Crippen LogP contribution in [0.3, 0.4) is 0 Å². The van der Waals surface area contributed by atoms with Crippen molar-refractivity contribution in [2.75, 3.05) is 50.1 Å². The van der Waals surface area contributed by atoms with E-state index in [4.69, 9.17) is 0 Å². The number of amides is 1. The van der Waals surface area contributed by atoms with Crippen molar-refractivity contribution in [1.29, 1.82) is 0 Å². The molecule has 23 heavy (non-hydrogen) atoms. The number of rotatable bonds is 3. The third-order valence-corrected chi connectivity index (χ3v) is 4.96. The summed E-state index contributed by atoms with van der Waals surface area (Å²) < 4.78 is 0. The third kappa shape index (κ3) is 3.74. The van der Waals surface area contributed by atoms with Gasteiger partial charge in [-0.05, 0) is 25.0 Å². The standard InChI is InChI=1S/C17H27N5O/c1-20(2)15-8-9-16(19-18-15)21-10-12-22(13-11-21)17(23)14-6-4-3-5-7-14/h8-9,14H,3-7,10-13H2,1-2H3. The first-order valence-electron chi connectivity index (χ1n) is 8.70. The predicted molar refractivity (Wildman–Crippen MR) is 91.7 cm³/mol. The normalized spacial score (nSPS) is 19.7. The van der Waals surface area contributed by atoms with Crippen molar-refractivity contribution in [3.05, 3.63) is 12.1 Å². The van der Waals surface area contributed by atoms with Crippen molar-refractivity contribution >= 4 is 17.5 Å². The molecule has 2 aliphatic rings. The van der Waals surface area contributed by atoms with Crippen LogP contribution >= 0.6 is 0 Å². The van der Waals surface area contributed by atoms with Gasteiger partial charge in [-0.1, -0.05) is 19.3 Å². The zero-order valence-electron chi connectivity index (χ0n) is 14.2. The lowest BCUT2D eigenvalue weighted by molar-refractivity contribution is -0.136.